The Morgan fingerprint density at radius 3 is 1.54 bits per heavy atom. The Hall–Kier alpha value is -0.480. The number of fused-ring (bicyclic) bond motifs is 2. The highest BCUT2D eigenvalue weighted by Gasteiger charge is 2.26. The summed E-state index contributed by atoms with van der Waals surface area (Å²) >= 11 is 10.5. The highest BCUT2D eigenvalue weighted by molar-refractivity contribution is 9.11. The van der Waals surface area contributed by atoms with Crippen LogP contribution in [0.1, 0.15) is 9.75 Å². The lowest BCUT2D eigenvalue weighted by Gasteiger charge is -2.20. The molecule has 0 aliphatic carbocycles. The molecule has 130 valence electrons. The molecule has 0 unspecified atom stereocenters. The summed E-state index contributed by atoms with van der Waals surface area (Å²) in [6, 6.07) is 0. The van der Waals surface area contributed by atoms with Crippen LogP contribution in [0.4, 0.5) is 0 Å². The molecule has 2 aliphatic rings. The van der Waals surface area contributed by atoms with Gasteiger partial charge in [0, 0.05) is 13.1 Å². The van der Waals surface area contributed by atoms with Crippen molar-refractivity contribution in [3.8, 4) is 23.0 Å². The Balaban J connectivity index is 1.51. The summed E-state index contributed by atoms with van der Waals surface area (Å²) in [6.07, 6.45) is 0. The molecular formula is C15H15Br2NO4S2. The molecule has 0 spiro atoms. The van der Waals surface area contributed by atoms with Crippen molar-refractivity contribution in [2.75, 3.05) is 33.5 Å². The molecule has 0 amide bonds. The molecule has 4 rings (SSSR count). The number of hydrogen-bond donors (Lipinski definition) is 0. The van der Waals surface area contributed by atoms with E-state index in [0.717, 1.165) is 43.7 Å². The summed E-state index contributed by atoms with van der Waals surface area (Å²) in [5, 5.41) is 0. The van der Waals surface area contributed by atoms with E-state index in [1.807, 2.05) is 0 Å². The van der Waals surface area contributed by atoms with Crippen molar-refractivity contribution < 1.29 is 18.9 Å². The summed E-state index contributed by atoms with van der Waals surface area (Å²) in [7, 11) is 2.09. The van der Waals surface area contributed by atoms with E-state index in [9.17, 15) is 0 Å². The monoisotopic (exact) mass is 495 g/mol. The van der Waals surface area contributed by atoms with Crippen LogP contribution in [-0.2, 0) is 13.1 Å². The second-order valence-electron chi connectivity index (χ2n) is 5.48. The highest BCUT2D eigenvalue weighted by atomic mass is 79.9. The molecule has 9 heteroatoms. The molecular weight excluding hydrogens is 482 g/mol. The minimum absolute atomic E-state index is 0.601. The normalized spacial score (nSPS) is 15.8. The molecule has 0 atom stereocenters. The van der Waals surface area contributed by atoms with Gasteiger partial charge >= 0.3 is 0 Å². The van der Waals surface area contributed by atoms with E-state index in [1.54, 1.807) is 22.7 Å². The summed E-state index contributed by atoms with van der Waals surface area (Å²) in [5.74, 6) is 3.42. The predicted octanol–water partition coefficient (Wildman–Crippen LogP) is 4.51. The first-order valence-electron chi connectivity index (χ1n) is 7.45. The topological polar surface area (TPSA) is 40.2 Å². The minimum Gasteiger partial charge on any atom is -0.485 e. The van der Waals surface area contributed by atoms with Crippen molar-refractivity contribution in [1.82, 2.24) is 4.90 Å². The van der Waals surface area contributed by atoms with Crippen LogP contribution in [0.3, 0.4) is 0 Å². The lowest BCUT2D eigenvalue weighted by molar-refractivity contribution is 0.167. The van der Waals surface area contributed by atoms with Gasteiger partial charge in [0.15, 0.2) is 23.0 Å². The van der Waals surface area contributed by atoms with Gasteiger partial charge in [-0.1, -0.05) is 0 Å². The third-order valence-electron chi connectivity index (χ3n) is 3.68. The molecule has 0 aromatic carbocycles. The maximum atomic E-state index is 5.80. The molecule has 0 radical (unpaired) electrons. The van der Waals surface area contributed by atoms with Gasteiger partial charge < -0.3 is 18.9 Å². The maximum absolute atomic E-state index is 5.80. The molecule has 0 bridgehead atoms. The fourth-order valence-corrected chi connectivity index (χ4v) is 6.44. The summed E-state index contributed by atoms with van der Waals surface area (Å²) in [6.45, 7) is 3.97. The average molecular weight is 497 g/mol. The Bertz CT molecular complexity index is 699. The quantitative estimate of drug-likeness (QED) is 0.622. The molecule has 2 aromatic rings. The number of thiophene rings is 2. The molecule has 0 saturated heterocycles. The Morgan fingerprint density at radius 1 is 0.750 bits per heavy atom. The molecule has 2 aliphatic heterocycles. The molecule has 2 aromatic heterocycles. The third kappa shape index (κ3) is 3.16. The third-order valence-corrected chi connectivity index (χ3v) is 7.22. The number of hydrogen-bond acceptors (Lipinski definition) is 7. The van der Waals surface area contributed by atoms with Crippen molar-refractivity contribution in [1.29, 1.82) is 0 Å². The largest absolute Gasteiger partial charge is 0.485 e. The van der Waals surface area contributed by atoms with Crippen molar-refractivity contribution in [2.45, 2.75) is 13.1 Å². The van der Waals surface area contributed by atoms with E-state index in [2.05, 4.69) is 43.8 Å². The van der Waals surface area contributed by atoms with Gasteiger partial charge in [-0.2, -0.15) is 0 Å². The van der Waals surface area contributed by atoms with E-state index in [4.69, 9.17) is 18.9 Å². The van der Waals surface area contributed by atoms with Crippen LogP contribution in [0.5, 0.6) is 23.0 Å². The SMILES string of the molecule is CN(Cc1sc(Br)c2c1OCCO2)Cc1sc(Br)c2c1OCCO2. The van der Waals surface area contributed by atoms with E-state index >= 15 is 0 Å². The van der Waals surface area contributed by atoms with Gasteiger partial charge in [0.2, 0.25) is 0 Å². The molecule has 0 fully saturated rings. The van der Waals surface area contributed by atoms with Crippen LogP contribution in [0.25, 0.3) is 0 Å². The van der Waals surface area contributed by atoms with Crippen LogP contribution < -0.4 is 18.9 Å². The summed E-state index contributed by atoms with van der Waals surface area (Å²) in [4.78, 5) is 4.58. The predicted molar refractivity (Wildman–Crippen MR) is 101 cm³/mol. The van der Waals surface area contributed by atoms with Gasteiger partial charge in [0.05, 0.1) is 9.75 Å². The van der Waals surface area contributed by atoms with E-state index < -0.39 is 0 Å². The maximum Gasteiger partial charge on any atom is 0.186 e. The fourth-order valence-electron chi connectivity index (χ4n) is 2.70. The standard InChI is InChI=1S/C15H15Br2NO4S2/c1-18(6-8-10-12(14(16)23-8)21-4-2-19-10)7-9-11-13(15(17)24-9)22-5-3-20-11/h2-7H2,1H3. The summed E-state index contributed by atoms with van der Waals surface area (Å²) in [5.41, 5.74) is 0. The zero-order valence-electron chi connectivity index (χ0n) is 12.9. The fraction of sp³-hybridized carbons (Fsp3) is 0.467. The lowest BCUT2D eigenvalue weighted by atomic mass is 10.3. The average Bonchev–Trinajstić information content (AvgIpc) is 3.07. The number of nitrogens with zero attached hydrogens (tertiary/aromatic N) is 1. The second kappa shape index (κ2) is 7.03. The Kier molecular flexibility index (Phi) is 4.97. The molecule has 24 heavy (non-hydrogen) atoms. The Labute approximate surface area is 164 Å². The van der Waals surface area contributed by atoms with Crippen LogP contribution in [0, 0.1) is 0 Å². The van der Waals surface area contributed by atoms with Crippen molar-refractivity contribution in [3.63, 3.8) is 0 Å². The van der Waals surface area contributed by atoms with Gasteiger partial charge in [-0.3, -0.25) is 4.90 Å². The first kappa shape index (κ1) is 17.0. The van der Waals surface area contributed by atoms with Gasteiger partial charge in [0.25, 0.3) is 0 Å². The molecule has 4 heterocycles. The molecule has 0 N–H and O–H groups in total. The van der Waals surface area contributed by atoms with Crippen LogP contribution in [0.15, 0.2) is 7.57 Å². The van der Waals surface area contributed by atoms with Gasteiger partial charge in [-0.05, 0) is 38.9 Å². The number of ether oxygens (including phenoxy) is 4. The molecule has 0 saturated carbocycles. The van der Waals surface area contributed by atoms with Gasteiger partial charge in [-0.15, -0.1) is 22.7 Å². The molecule has 5 nitrogen and oxygen atoms in total. The van der Waals surface area contributed by atoms with Crippen LogP contribution in [-0.4, -0.2) is 38.4 Å². The smallest absolute Gasteiger partial charge is 0.186 e. The van der Waals surface area contributed by atoms with Crippen LogP contribution >= 0.6 is 54.5 Å². The highest BCUT2D eigenvalue weighted by Crippen LogP contribution is 2.49. The van der Waals surface area contributed by atoms with Crippen molar-refractivity contribution >= 4 is 54.5 Å². The van der Waals surface area contributed by atoms with Crippen molar-refractivity contribution in [3.05, 3.63) is 17.3 Å². The van der Waals surface area contributed by atoms with E-state index in [1.165, 1.54) is 9.75 Å². The lowest BCUT2D eigenvalue weighted by Crippen LogP contribution is -2.20. The van der Waals surface area contributed by atoms with E-state index in [-0.39, 0.29) is 0 Å². The van der Waals surface area contributed by atoms with Crippen LogP contribution in [0.2, 0.25) is 0 Å². The first-order valence-corrected chi connectivity index (χ1v) is 10.7. The first-order chi connectivity index (χ1) is 11.6. The van der Waals surface area contributed by atoms with Gasteiger partial charge in [0.1, 0.15) is 34.0 Å². The number of rotatable bonds is 4. The minimum atomic E-state index is 0.601. The zero-order valence-corrected chi connectivity index (χ0v) is 17.7. The van der Waals surface area contributed by atoms with E-state index in [0.29, 0.717) is 26.4 Å². The summed E-state index contributed by atoms with van der Waals surface area (Å²) < 4.78 is 25.0. The second-order valence-corrected chi connectivity index (χ2v) is 10.3. The zero-order chi connectivity index (χ0) is 16.7. The Morgan fingerprint density at radius 2 is 1.12 bits per heavy atom. The van der Waals surface area contributed by atoms with Crippen molar-refractivity contribution in [2.24, 2.45) is 0 Å². The number of halogens is 2. The van der Waals surface area contributed by atoms with Gasteiger partial charge in [-0.25, -0.2) is 0 Å².